The predicted molar refractivity (Wildman–Crippen MR) is 143 cm³/mol. The van der Waals surface area contributed by atoms with Crippen molar-refractivity contribution in [1.29, 1.82) is 0 Å². The smallest absolute Gasteiger partial charge is 0.497 e. The lowest BCUT2D eigenvalue weighted by Crippen LogP contribution is -2.28. The quantitative estimate of drug-likeness (QED) is 0.0993. The number of rotatable bonds is 14. The normalized spacial score (nSPS) is 12.1. The number of alkyl halides is 3. The van der Waals surface area contributed by atoms with Crippen LogP contribution in [0.15, 0.2) is 54.6 Å². The van der Waals surface area contributed by atoms with E-state index in [0.29, 0.717) is 23.5 Å². The van der Waals surface area contributed by atoms with Crippen LogP contribution in [0, 0.1) is 0 Å². The summed E-state index contributed by atoms with van der Waals surface area (Å²) in [5, 5.41) is 0.659. The third-order valence-electron chi connectivity index (χ3n) is 6.15. The van der Waals surface area contributed by atoms with E-state index in [9.17, 15) is 26.4 Å². The molecular weight excluding hydrogens is 535 g/mol. The van der Waals surface area contributed by atoms with Crippen LogP contribution in [0.2, 0.25) is 0 Å². The maximum absolute atomic E-state index is 13.5. The lowest BCUT2D eigenvalue weighted by molar-refractivity contribution is -0.0500. The van der Waals surface area contributed by atoms with Crippen molar-refractivity contribution < 1.29 is 40.0 Å². The van der Waals surface area contributed by atoms with E-state index >= 15 is 0 Å². The molecule has 0 heterocycles. The Morgan fingerprint density at radius 1 is 0.923 bits per heavy atom. The lowest BCUT2D eigenvalue weighted by Gasteiger charge is -2.17. The van der Waals surface area contributed by atoms with Gasteiger partial charge in [-0.3, -0.25) is 4.79 Å². The van der Waals surface area contributed by atoms with Crippen LogP contribution >= 0.6 is 0 Å². The Bertz CT molecular complexity index is 1370. The van der Waals surface area contributed by atoms with Crippen LogP contribution in [0.25, 0.3) is 10.8 Å². The highest BCUT2D eigenvalue weighted by atomic mass is 32.2. The minimum atomic E-state index is -6.00. The van der Waals surface area contributed by atoms with E-state index in [1.807, 2.05) is 7.05 Å². The fourth-order valence-electron chi connectivity index (χ4n) is 3.97. The van der Waals surface area contributed by atoms with Crippen molar-refractivity contribution in [1.82, 2.24) is 4.90 Å². The number of hydrogen-bond acceptors (Lipinski definition) is 7. The number of carbonyl (C=O) groups excluding carboxylic acids is 1. The average Bonchev–Trinajstić information content (AvgIpc) is 2.90. The molecule has 0 N–H and O–H groups in total. The van der Waals surface area contributed by atoms with Gasteiger partial charge in [0.25, 0.3) is 0 Å². The molecule has 0 radical (unpaired) electrons. The summed E-state index contributed by atoms with van der Waals surface area (Å²) in [6.07, 6.45) is 4.71. The molecule has 39 heavy (non-hydrogen) atoms. The summed E-state index contributed by atoms with van der Waals surface area (Å²) in [5.41, 5.74) is -5.86. The molecule has 212 valence electrons. The van der Waals surface area contributed by atoms with E-state index in [1.54, 1.807) is 18.2 Å². The van der Waals surface area contributed by atoms with Crippen molar-refractivity contribution in [3.8, 4) is 17.2 Å². The SMILES string of the molecule is CCCCCCN(C)CCOc1ccc(C(=O)c2c(OS(=O)(=O)C(F)(F)F)ccc3cc(OC)ccc23)cc1. The maximum Gasteiger partial charge on any atom is 0.534 e. The van der Waals surface area contributed by atoms with Gasteiger partial charge in [0.15, 0.2) is 11.5 Å². The monoisotopic (exact) mass is 567 g/mol. The van der Waals surface area contributed by atoms with Gasteiger partial charge in [0.2, 0.25) is 0 Å². The number of ether oxygens (including phenoxy) is 2. The standard InChI is InChI=1S/C28H32F3NO6S/c1-4-5-6-7-16-32(2)17-18-37-22-11-8-20(9-12-22)27(33)26-24-14-13-23(36-3)19-21(24)10-15-25(26)38-39(34,35)28(29,30)31/h8-15,19H,4-7,16-18H2,1-3H3. The molecule has 7 nitrogen and oxygen atoms in total. The summed E-state index contributed by atoms with van der Waals surface area (Å²) < 4.78 is 78.0. The molecule has 11 heteroatoms. The molecule has 0 spiro atoms. The fraction of sp³-hybridized carbons (Fsp3) is 0.393. The molecule has 0 saturated heterocycles. The maximum atomic E-state index is 13.5. The van der Waals surface area contributed by atoms with Gasteiger partial charge in [-0.15, -0.1) is 0 Å². The topological polar surface area (TPSA) is 82.1 Å². The molecule has 0 aliphatic heterocycles. The molecule has 3 rings (SSSR count). The van der Waals surface area contributed by atoms with E-state index in [4.69, 9.17) is 9.47 Å². The van der Waals surface area contributed by atoms with E-state index in [0.717, 1.165) is 25.6 Å². The lowest BCUT2D eigenvalue weighted by atomic mass is 9.96. The number of methoxy groups -OCH3 is 1. The highest BCUT2D eigenvalue weighted by Crippen LogP contribution is 2.36. The van der Waals surface area contributed by atoms with Crippen LogP contribution in [-0.4, -0.2) is 58.5 Å². The molecule has 0 amide bonds. The van der Waals surface area contributed by atoms with Crippen molar-refractivity contribution in [3.63, 3.8) is 0 Å². The molecule has 0 atom stereocenters. The van der Waals surface area contributed by atoms with E-state index in [2.05, 4.69) is 16.0 Å². The molecule has 3 aromatic rings. The first-order valence-corrected chi connectivity index (χ1v) is 13.9. The molecule has 0 fully saturated rings. The van der Waals surface area contributed by atoms with E-state index in [-0.39, 0.29) is 16.5 Å². The molecular formula is C28H32F3NO6S. The largest absolute Gasteiger partial charge is 0.534 e. The van der Waals surface area contributed by atoms with E-state index < -0.39 is 27.2 Å². The first kappa shape index (κ1) is 30.2. The zero-order chi connectivity index (χ0) is 28.6. The third kappa shape index (κ3) is 7.86. The van der Waals surface area contributed by atoms with Crippen molar-refractivity contribution in [2.24, 2.45) is 0 Å². The molecule has 0 aliphatic rings. The number of fused-ring (bicyclic) bond motifs is 1. The Hall–Kier alpha value is -3.31. The Morgan fingerprint density at radius 3 is 2.26 bits per heavy atom. The predicted octanol–water partition coefficient (Wildman–Crippen LogP) is 6.20. The minimum absolute atomic E-state index is 0.118. The fourth-order valence-corrected chi connectivity index (χ4v) is 4.44. The first-order chi connectivity index (χ1) is 18.5. The van der Waals surface area contributed by atoms with Gasteiger partial charge >= 0.3 is 15.6 Å². The number of likely N-dealkylation sites (N-methyl/N-ethyl adjacent to an activating group) is 1. The summed E-state index contributed by atoms with van der Waals surface area (Å²) >= 11 is 0. The van der Waals surface area contributed by atoms with Gasteiger partial charge in [-0.2, -0.15) is 21.6 Å². The van der Waals surface area contributed by atoms with Crippen LogP contribution in [0.4, 0.5) is 13.2 Å². The summed E-state index contributed by atoms with van der Waals surface area (Å²) in [7, 11) is -2.54. The van der Waals surface area contributed by atoms with Gasteiger partial charge in [-0.05, 0) is 79.3 Å². The number of nitrogens with zero attached hydrogens (tertiary/aromatic N) is 1. The zero-order valence-electron chi connectivity index (χ0n) is 22.1. The Balaban J connectivity index is 1.82. The molecule has 0 bridgehead atoms. The summed E-state index contributed by atoms with van der Waals surface area (Å²) in [6, 6.07) is 13.0. The van der Waals surface area contributed by atoms with Crippen LogP contribution < -0.4 is 13.7 Å². The Kier molecular flexibility index (Phi) is 10.2. The van der Waals surface area contributed by atoms with Crippen molar-refractivity contribution >= 4 is 26.7 Å². The molecule has 0 unspecified atom stereocenters. The highest BCUT2D eigenvalue weighted by Gasteiger charge is 2.49. The highest BCUT2D eigenvalue weighted by molar-refractivity contribution is 7.88. The summed E-state index contributed by atoms with van der Waals surface area (Å²) in [5.74, 6) is -0.468. The van der Waals surface area contributed by atoms with Crippen molar-refractivity contribution in [3.05, 3.63) is 65.7 Å². The second kappa shape index (κ2) is 13.2. The number of unbranched alkanes of at least 4 members (excludes halogenated alkanes) is 3. The van der Waals surface area contributed by atoms with Crippen LogP contribution in [0.5, 0.6) is 17.2 Å². The van der Waals surface area contributed by atoms with Gasteiger partial charge in [0, 0.05) is 12.1 Å². The Morgan fingerprint density at radius 2 is 1.62 bits per heavy atom. The van der Waals surface area contributed by atoms with Crippen LogP contribution in [-0.2, 0) is 10.1 Å². The number of carbonyl (C=O) groups is 1. The number of ketones is 1. The van der Waals surface area contributed by atoms with Crippen LogP contribution in [0.1, 0.15) is 48.5 Å². The number of halogens is 3. The summed E-state index contributed by atoms with van der Waals surface area (Å²) in [6.45, 7) is 4.31. The second-order valence-electron chi connectivity index (χ2n) is 9.07. The zero-order valence-corrected chi connectivity index (χ0v) is 22.9. The van der Waals surface area contributed by atoms with Crippen LogP contribution in [0.3, 0.4) is 0 Å². The number of benzene rings is 3. The molecule has 0 aliphatic carbocycles. The van der Waals surface area contributed by atoms with Gasteiger partial charge < -0.3 is 18.6 Å². The summed E-state index contributed by atoms with van der Waals surface area (Å²) in [4.78, 5) is 15.7. The molecule has 0 aromatic heterocycles. The van der Waals surface area contributed by atoms with Crippen molar-refractivity contribution in [2.75, 3.05) is 33.9 Å². The Labute approximate surface area is 226 Å². The van der Waals surface area contributed by atoms with E-state index in [1.165, 1.54) is 56.7 Å². The second-order valence-corrected chi connectivity index (χ2v) is 10.6. The van der Waals surface area contributed by atoms with Gasteiger partial charge in [0.1, 0.15) is 18.1 Å². The number of hydrogen-bond donors (Lipinski definition) is 0. The average molecular weight is 568 g/mol. The first-order valence-electron chi connectivity index (χ1n) is 12.5. The third-order valence-corrected chi connectivity index (χ3v) is 7.12. The van der Waals surface area contributed by atoms with Gasteiger partial charge in [0.05, 0.1) is 12.7 Å². The van der Waals surface area contributed by atoms with Crippen molar-refractivity contribution in [2.45, 2.75) is 38.1 Å². The minimum Gasteiger partial charge on any atom is -0.497 e. The molecule has 3 aromatic carbocycles. The van der Waals surface area contributed by atoms with Gasteiger partial charge in [-0.1, -0.05) is 32.3 Å². The van der Waals surface area contributed by atoms with Gasteiger partial charge in [-0.25, -0.2) is 0 Å². The molecule has 0 saturated carbocycles.